The molecular weight excluding hydrogens is 324 g/mol. The standard InChI is InChI=1S/C21H20N4O/c1-13-8-18-19(9-14(13)2)25(21(24-18)16-6-7-16)12-20(26)23-17-5-3-4-15(10-17)11-22/h3-5,8-10,16H,6-7,12H2,1-2H3,(H,23,26). The van der Waals surface area contributed by atoms with Crippen molar-refractivity contribution in [1.82, 2.24) is 9.55 Å². The van der Waals surface area contributed by atoms with Crippen molar-refractivity contribution in [1.29, 1.82) is 5.26 Å². The van der Waals surface area contributed by atoms with Gasteiger partial charge in [0.05, 0.1) is 22.7 Å². The number of carbonyl (C=O) groups excluding carboxylic acids is 1. The maximum absolute atomic E-state index is 12.6. The van der Waals surface area contributed by atoms with Gasteiger partial charge in [0.2, 0.25) is 5.91 Å². The molecule has 0 unspecified atom stereocenters. The van der Waals surface area contributed by atoms with Crippen LogP contribution in [0.3, 0.4) is 0 Å². The zero-order chi connectivity index (χ0) is 18.3. The molecule has 2 aromatic carbocycles. The number of rotatable bonds is 4. The summed E-state index contributed by atoms with van der Waals surface area (Å²) >= 11 is 0. The fourth-order valence-corrected chi connectivity index (χ4v) is 3.23. The van der Waals surface area contributed by atoms with Crippen LogP contribution < -0.4 is 5.32 Å². The number of aryl methyl sites for hydroxylation is 2. The minimum absolute atomic E-state index is 0.112. The van der Waals surface area contributed by atoms with E-state index in [4.69, 9.17) is 10.2 Å². The number of fused-ring (bicyclic) bond motifs is 1. The van der Waals surface area contributed by atoms with E-state index in [-0.39, 0.29) is 12.5 Å². The van der Waals surface area contributed by atoms with Gasteiger partial charge >= 0.3 is 0 Å². The Morgan fingerprint density at radius 1 is 1.27 bits per heavy atom. The van der Waals surface area contributed by atoms with Crippen LogP contribution in [0.4, 0.5) is 5.69 Å². The third kappa shape index (κ3) is 3.06. The summed E-state index contributed by atoms with van der Waals surface area (Å²) in [5.41, 5.74) is 5.54. The van der Waals surface area contributed by atoms with Crippen LogP contribution in [-0.4, -0.2) is 15.5 Å². The molecule has 0 radical (unpaired) electrons. The maximum Gasteiger partial charge on any atom is 0.244 e. The first-order valence-electron chi connectivity index (χ1n) is 8.82. The summed E-state index contributed by atoms with van der Waals surface area (Å²) in [5.74, 6) is 1.35. The topological polar surface area (TPSA) is 70.7 Å². The van der Waals surface area contributed by atoms with Crippen molar-refractivity contribution in [3.8, 4) is 6.07 Å². The lowest BCUT2D eigenvalue weighted by molar-refractivity contribution is -0.116. The van der Waals surface area contributed by atoms with Crippen LogP contribution in [0.5, 0.6) is 0 Å². The Morgan fingerprint density at radius 3 is 2.77 bits per heavy atom. The predicted octanol–water partition coefficient (Wildman–Crippen LogP) is 4.04. The second kappa shape index (κ2) is 6.30. The molecule has 1 aliphatic carbocycles. The normalized spacial score (nSPS) is 13.6. The Labute approximate surface area is 152 Å². The number of hydrogen-bond donors (Lipinski definition) is 1. The molecule has 0 spiro atoms. The summed E-state index contributed by atoms with van der Waals surface area (Å²) in [6.45, 7) is 4.39. The smallest absolute Gasteiger partial charge is 0.244 e. The summed E-state index contributed by atoms with van der Waals surface area (Å²) in [5, 5.41) is 11.9. The lowest BCUT2D eigenvalue weighted by atomic mass is 10.1. The first-order valence-corrected chi connectivity index (χ1v) is 8.82. The van der Waals surface area contributed by atoms with E-state index in [1.54, 1.807) is 24.3 Å². The fourth-order valence-electron chi connectivity index (χ4n) is 3.23. The largest absolute Gasteiger partial charge is 0.324 e. The number of imidazole rings is 1. The number of amides is 1. The second-order valence-corrected chi connectivity index (χ2v) is 7.00. The molecule has 3 aromatic rings. The van der Waals surface area contributed by atoms with E-state index in [0.29, 0.717) is 17.2 Å². The molecule has 0 bridgehead atoms. The van der Waals surface area contributed by atoms with E-state index >= 15 is 0 Å². The molecule has 0 saturated heterocycles. The molecule has 1 heterocycles. The predicted molar refractivity (Wildman–Crippen MR) is 101 cm³/mol. The van der Waals surface area contributed by atoms with Gasteiger partial charge in [0.25, 0.3) is 0 Å². The Bertz CT molecular complexity index is 1050. The summed E-state index contributed by atoms with van der Waals surface area (Å²) in [6, 6.07) is 13.3. The lowest BCUT2D eigenvalue weighted by Gasteiger charge is -2.10. The van der Waals surface area contributed by atoms with Gasteiger partial charge < -0.3 is 9.88 Å². The van der Waals surface area contributed by atoms with Gasteiger partial charge in [-0.1, -0.05) is 6.07 Å². The zero-order valence-electron chi connectivity index (χ0n) is 14.9. The Balaban J connectivity index is 1.65. The van der Waals surface area contributed by atoms with Crippen molar-refractivity contribution in [3.63, 3.8) is 0 Å². The average molecular weight is 344 g/mol. The molecule has 1 amide bonds. The van der Waals surface area contributed by atoms with Crippen LogP contribution in [0, 0.1) is 25.2 Å². The summed E-state index contributed by atoms with van der Waals surface area (Å²) in [4.78, 5) is 17.4. The monoisotopic (exact) mass is 344 g/mol. The van der Waals surface area contributed by atoms with Crippen molar-refractivity contribution in [2.24, 2.45) is 0 Å². The van der Waals surface area contributed by atoms with Crippen molar-refractivity contribution in [3.05, 3.63) is 58.9 Å². The van der Waals surface area contributed by atoms with Crippen LogP contribution in [0.15, 0.2) is 36.4 Å². The first-order chi connectivity index (χ1) is 12.5. The Kier molecular flexibility index (Phi) is 3.96. The minimum atomic E-state index is -0.112. The van der Waals surface area contributed by atoms with Gasteiger partial charge in [0, 0.05) is 11.6 Å². The fraction of sp³-hybridized carbons (Fsp3) is 0.286. The van der Waals surface area contributed by atoms with Crippen LogP contribution in [0.1, 0.15) is 41.3 Å². The van der Waals surface area contributed by atoms with Gasteiger partial charge in [-0.05, 0) is 68.1 Å². The number of hydrogen-bond acceptors (Lipinski definition) is 3. The number of nitriles is 1. The van der Waals surface area contributed by atoms with Crippen LogP contribution in [0.25, 0.3) is 11.0 Å². The van der Waals surface area contributed by atoms with Crippen molar-refractivity contribution >= 4 is 22.6 Å². The second-order valence-electron chi connectivity index (χ2n) is 7.00. The highest BCUT2D eigenvalue weighted by Crippen LogP contribution is 2.41. The van der Waals surface area contributed by atoms with Gasteiger partial charge in [-0.15, -0.1) is 0 Å². The third-order valence-electron chi connectivity index (χ3n) is 4.91. The van der Waals surface area contributed by atoms with E-state index in [2.05, 4.69) is 37.4 Å². The maximum atomic E-state index is 12.6. The molecule has 4 rings (SSSR count). The molecule has 1 aromatic heterocycles. The Hall–Kier alpha value is -3.13. The van der Waals surface area contributed by atoms with E-state index in [9.17, 15) is 4.79 Å². The van der Waals surface area contributed by atoms with Gasteiger partial charge in [-0.2, -0.15) is 5.26 Å². The number of benzene rings is 2. The van der Waals surface area contributed by atoms with E-state index in [1.165, 1.54) is 11.1 Å². The summed E-state index contributed by atoms with van der Waals surface area (Å²) < 4.78 is 2.04. The molecule has 5 nitrogen and oxygen atoms in total. The van der Waals surface area contributed by atoms with Crippen molar-refractivity contribution < 1.29 is 4.79 Å². The van der Waals surface area contributed by atoms with Gasteiger partial charge in [0.1, 0.15) is 12.4 Å². The highest BCUT2D eigenvalue weighted by Gasteiger charge is 2.30. The lowest BCUT2D eigenvalue weighted by Crippen LogP contribution is -2.20. The minimum Gasteiger partial charge on any atom is -0.324 e. The van der Waals surface area contributed by atoms with Crippen molar-refractivity contribution in [2.75, 3.05) is 5.32 Å². The molecule has 0 atom stereocenters. The van der Waals surface area contributed by atoms with Crippen molar-refractivity contribution in [2.45, 2.75) is 39.2 Å². The molecule has 26 heavy (non-hydrogen) atoms. The quantitative estimate of drug-likeness (QED) is 0.776. The molecule has 1 fully saturated rings. The molecule has 1 saturated carbocycles. The van der Waals surface area contributed by atoms with Gasteiger partial charge in [-0.3, -0.25) is 4.79 Å². The summed E-state index contributed by atoms with van der Waals surface area (Å²) in [7, 11) is 0. The van der Waals surface area contributed by atoms with Gasteiger partial charge in [0.15, 0.2) is 0 Å². The molecule has 5 heteroatoms. The van der Waals surface area contributed by atoms with E-state index < -0.39 is 0 Å². The highest BCUT2D eigenvalue weighted by molar-refractivity contribution is 5.92. The average Bonchev–Trinajstić information content (AvgIpc) is 3.41. The number of anilines is 1. The number of carbonyl (C=O) groups is 1. The van der Waals surface area contributed by atoms with Crippen LogP contribution >= 0.6 is 0 Å². The summed E-state index contributed by atoms with van der Waals surface area (Å²) in [6.07, 6.45) is 2.26. The highest BCUT2D eigenvalue weighted by atomic mass is 16.1. The number of nitrogens with zero attached hydrogens (tertiary/aromatic N) is 3. The third-order valence-corrected chi connectivity index (χ3v) is 4.91. The van der Waals surface area contributed by atoms with Gasteiger partial charge in [-0.25, -0.2) is 4.98 Å². The molecule has 1 N–H and O–H groups in total. The van der Waals surface area contributed by atoms with E-state index in [1.807, 2.05) is 4.57 Å². The number of aromatic nitrogens is 2. The molecule has 130 valence electrons. The van der Waals surface area contributed by atoms with E-state index in [0.717, 1.165) is 29.7 Å². The zero-order valence-corrected chi connectivity index (χ0v) is 14.9. The Morgan fingerprint density at radius 2 is 2.04 bits per heavy atom. The first kappa shape index (κ1) is 16.3. The number of nitrogens with one attached hydrogen (secondary N) is 1. The van der Waals surface area contributed by atoms with Crippen LogP contribution in [0.2, 0.25) is 0 Å². The SMILES string of the molecule is Cc1cc2nc(C3CC3)n(CC(=O)Nc3cccc(C#N)c3)c2cc1C. The molecule has 0 aliphatic heterocycles. The molecule has 1 aliphatic rings. The molecular formula is C21H20N4O. The van der Waals surface area contributed by atoms with Crippen LogP contribution in [-0.2, 0) is 11.3 Å².